The van der Waals surface area contributed by atoms with Gasteiger partial charge in [-0.05, 0) is 42.7 Å². The standard InChI is InChI=1S/C18H19NO2/c1-3-17(20)16-6-4-5-7-18(16)21-12-15-9-8-14(11-19)10-13(15)2/h4-10,17,20H,3,12H2,1-2H3/t17-/m1/s1. The molecular formula is C18H19NO2. The molecule has 2 rings (SSSR count). The van der Waals surface area contributed by atoms with E-state index in [1.54, 1.807) is 6.07 Å². The summed E-state index contributed by atoms with van der Waals surface area (Å²) in [6.07, 6.45) is 0.138. The Balaban J connectivity index is 2.16. The van der Waals surface area contributed by atoms with Gasteiger partial charge >= 0.3 is 0 Å². The average Bonchev–Trinajstić information content (AvgIpc) is 2.53. The fourth-order valence-corrected chi connectivity index (χ4v) is 2.19. The summed E-state index contributed by atoms with van der Waals surface area (Å²) in [5, 5.41) is 18.9. The van der Waals surface area contributed by atoms with Gasteiger partial charge in [0, 0.05) is 5.56 Å². The number of benzene rings is 2. The molecule has 0 aromatic heterocycles. The van der Waals surface area contributed by atoms with Crippen molar-refractivity contribution in [2.75, 3.05) is 0 Å². The van der Waals surface area contributed by atoms with Crippen LogP contribution in [0.2, 0.25) is 0 Å². The summed E-state index contributed by atoms with van der Waals surface area (Å²) in [4.78, 5) is 0. The number of hydrogen-bond acceptors (Lipinski definition) is 3. The molecule has 2 aromatic rings. The van der Waals surface area contributed by atoms with Crippen LogP contribution in [0, 0.1) is 18.3 Å². The van der Waals surface area contributed by atoms with Crippen molar-refractivity contribution in [2.45, 2.75) is 33.0 Å². The summed E-state index contributed by atoms with van der Waals surface area (Å²) in [6, 6.07) is 15.2. The molecule has 1 atom stereocenters. The van der Waals surface area contributed by atoms with Gasteiger partial charge in [-0.2, -0.15) is 5.26 Å². The van der Waals surface area contributed by atoms with E-state index in [-0.39, 0.29) is 0 Å². The molecule has 0 amide bonds. The molecule has 0 fully saturated rings. The van der Waals surface area contributed by atoms with E-state index >= 15 is 0 Å². The monoisotopic (exact) mass is 281 g/mol. The fraction of sp³-hybridized carbons (Fsp3) is 0.278. The largest absolute Gasteiger partial charge is 0.489 e. The lowest BCUT2D eigenvalue weighted by Gasteiger charge is -2.15. The summed E-state index contributed by atoms with van der Waals surface area (Å²) in [5.41, 5.74) is 3.53. The second-order valence-corrected chi connectivity index (χ2v) is 5.00. The molecule has 0 heterocycles. The zero-order valence-corrected chi connectivity index (χ0v) is 12.3. The van der Waals surface area contributed by atoms with Gasteiger partial charge in [-0.25, -0.2) is 0 Å². The zero-order chi connectivity index (χ0) is 15.2. The normalized spacial score (nSPS) is 11.7. The number of nitrogens with zero attached hydrogens (tertiary/aromatic N) is 1. The number of rotatable bonds is 5. The predicted octanol–water partition coefficient (Wildman–Crippen LogP) is 3.89. The number of ether oxygens (including phenoxy) is 1. The summed E-state index contributed by atoms with van der Waals surface area (Å²) >= 11 is 0. The van der Waals surface area contributed by atoms with Crippen LogP contribution in [-0.4, -0.2) is 5.11 Å². The number of aliphatic hydroxyl groups is 1. The van der Waals surface area contributed by atoms with Gasteiger partial charge in [0.15, 0.2) is 0 Å². The maximum Gasteiger partial charge on any atom is 0.125 e. The van der Waals surface area contributed by atoms with E-state index in [0.29, 0.717) is 24.3 Å². The summed E-state index contributed by atoms with van der Waals surface area (Å²) in [6.45, 7) is 4.32. The first-order chi connectivity index (χ1) is 10.2. The molecule has 3 nitrogen and oxygen atoms in total. The molecule has 0 spiro atoms. The minimum absolute atomic E-state index is 0.422. The molecule has 0 aliphatic carbocycles. The SMILES string of the molecule is CC[C@@H](O)c1ccccc1OCc1ccc(C#N)cc1C. The first-order valence-electron chi connectivity index (χ1n) is 7.05. The van der Waals surface area contributed by atoms with E-state index < -0.39 is 6.10 Å². The van der Waals surface area contributed by atoms with Gasteiger partial charge < -0.3 is 9.84 Å². The van der Waals surface area contributed by atoms with Crippen LogP contribution in [-0.2, 0) is 6.61 Å². The lowest BCUT2D eigenvalue weighted by atomic mass is 10.1. The summed E-state index contributed by atoms with van der Waals surface area (Å²) < 4.78 is 5.86. The highest BCUT2D eigenvalue weighted by Gasteiger charge is 2.11. The Morgan fingerprint density at radius 1 is 1.24 bits per heavy atom. The number of aliphatic hydroxyl groups excluding tert-OH is 1. The van der Waals surface area contributed by atoms with E-state index in [1.165, 1.54) is 0 Å². The number of nitriles is 1. The predicted molar refractivity (Wildman–Crippen MR) is 81.9 cm³/mol. The van der Waals surface area contributed by atoms with Crippen LogP contribution >= 0.6 is 0 Å². The van der Waals surface area contributed by atoms with Gasteiger partial charge in [-0.15, -0.1) is 0 Å². The van der Waals surface area contributed by atoms with Gasteiger partial charge in [0.05, 0.1) is 17.7 Å². The highest BCUT2D eigenvalue weighted by molar-refractivity contribution is 5.38. The van der Waals surface area contributed by atoms with Crippen LogP contribution in [0.15, 0.2) is 42.5 Å². The Morgan fingerprint density at radius 3 is 2.67 bits per heavy atom. The molecule has 0 unspecified atom stereocenters. The van der Waals surface area contributed by atoms with Gasteiger partial charge in [0.1, 0.15) is 12.4 Å². The van der Waals surface area contributed by atoms with Crippen molar-refractivity contribution in [3.63, 3.8) is 0 Å². The fourth-order valence-electron chi connectivity index (χ4n) is 2.19. The smallest absolute Gasteiger partial charge is 0.125 e. The zero-order valence-electron chi connectivity index (χ0n) is 12.3. The molecule has 21 heavy (non-hydrogen) atoms. The highest BCUT2D eigenvalue weighted by Crippen LogP contribution is 2.27. The summed E-state index contributed by atoms with van der Waals surface area (Å²) in [5.74, 6) is 0.704. The first kappa shape index (κ1) is 15.1. The van der Waals surface area contributed by atoms with E-state index in [2.05, 4.69) is 6.07 Å². The summed E-state index contributed by atoms with van der Waals surface area (Å²) in [7, 11) is 0. The lowest BCUT2D eigenvalue weighted by molar-refractivity contribution is 0.166. The van der Waals surface area contributed by atoms with Crippen molar-refractivity contribution in [1.82, 2.24) is 0 Å². The van der Waals surface area contributed by atoms with E-state index in [1.807, 2.05) is 50.2 Å². The van der Waals surface area contributed by atoms with Crippen molar-refractivity contribution in [3.8, 4) is 11.8 Å². The molecule has 0 aliphatic heterocycles. The lowest BCUT2D eigenvalue weighted by Crippen LogP contribution is -2.03. The van der Waals surface area contributed by atoms with Crippen LogP contribution in [0.1, 0.15) is 41.7 Å². The van der Waals surface area contributed by atoms with E-state index in [4.69, 9.17) is 10.00 Å². The Hall–Kier alpha value is -2.31. The molecule has 1 N–H and O–H groups in total. The highest BCUT2D eigenvalue weighted by atomic mass is 16.5. The van der Waals surface area contributed by atoms with Crippen molar-refractivity contribution in [1.29, 1.82) is 5.26 Å². The molecule has 0 aliphatic rings. The number of hydrogen-bond donors (Lipinski definition) is 1. The Bertz CT molecular complexity index is 659. The van der Waals surface area contributed by atoms with Crippen LogP contribution < -0.4 is 4.74 Å². The number of para-hydroxylation sites is 1. The number of aryl methyl sites for hydroxylation is 1. The van der Waals surface area contributed by atoms with Crippen LogP contribution in [0.3, 0.4) is 0 Å². The average molecular weight is 281 g/mol. The third kappa shape index (κ3) is 3.62. The molecule has 0 bridgehead atoms. The maximum atomic E-state index is 10.0. The van der Waals surface area contributed by atoms with Gasteiger partial charge in [-0.1, -0.05) is 31.2 Å². The van der Waals surface area contributed by atoms with Crippen molar-refractivity contribution >= 4 is 0 Å². The van der Waals surface area contributed by atoms with Crippen LogP contribution in [0.5, 0.6) is 5.75 Å². The van der Waals surface area contributed by atoms with Gasteiger partial charge in [0.2, 0.25) is 0 Å². The van der Waals surface area contributed by atoms with Gasteiger partial charge in [0.25, 0.3) is 0 Å². The third-order valence-electron chi connectivity index (χ3n) is 3.52. The maximum absolute atomic E-state index is 10.0. The van der Waals surface area contributed by atoms with Crippen LogP contribution in [0.25, 0.3) is 0 Å². The second-order valence-electron chi connectivity index (χ2n) is 5.00. The molecule has 0 radical (unpaired) electrons. The van der Waals surface area contributed by atoms with Gasteiger partial charge in [-0.3, -0.25) is 0 Å². The molecule has 108 valence electrons. The Labute approximate surface area is 125 Å². The minimum atomic E-state index is -0.511. The van der Waals surface area contributed by atoms with E-state index in [0.717, 1.165) is 16.7 Å². The second kappa shape index (κ2) is 6.92. The Kier molecular flexibility index (Phi) is 4.97. The molecule has 3 heteroatoms. The van der Waals surface area contributed by atoms with Crippen molar-refractivity contribution in [2.24, 2.45) is 0 Å². The van der Waals surface area contributed by atoms with Crippen LogP contribution in [0.4, 0.5) is 0 Å². The molecule has 0 saturated heterocycles. The molecule has 2 aromatic carbocycles. The topological polar surface area (TPSA) is 53.2 Å². The Morgan fingerprint density at radius 2 is 2.00 bits per heavy atom. The minimum Gasteiger partial charge on any atom is -0.489 e. The van der Waals surface area contributed by atoms with E-state index in [9.17, 15) is 5.11 Å². The first-order valence-corrected chi connectivity index (χ1v) is 7.05. The third-order valence-corrected chi connectivity index (χ3v) is 3.52. The van der Waals surface area contributed by atoms with Crippen molar-refractivity contribution in [3.05, 3.63) is 64.7 Å². The molecule has 0 saturated carbocycles. The quantitative estimate of drug-likeness (QED) is 0.904. The molecular weight excluding hydrogens is 262 g/mol. The van der Waals surface area contributed by atoms with Crippen molar-refractivity contribution < 1.29 is 9.84 Å².